The summed E-state index contributed by atoms with van der Waals surface area (Å²) in [6.45, 7) is 3.25. The molecule has 2 heterocycles. The zero-order valence-corrected chi connectivity index (χ0v) is 19.2. The number of nitrogens with one attached hydrogen (secondary N) is 1. The summed E-state index contributed by atoms with van der Waals surface area (Å²) in [5, 5.41) is 3.29. The summed E-state index contributed by atoms with van der Waals surface area (Å²) in [7, 11) is -3.70. The van der Waals surface area contributed by atoms with Crippen molar-refractivity contribution in [3.05, 3.63) is 53.1 Å². The molecule has 170 valence electrons. The monoisotopic (exact) mass is 477 g/mol. The highest BCUT2D eigenvalue weighted by atomic mass is 35.5. The van der Waals surface area contributed by atoms with E-state index in [-0.39, 0.29) is 29.7 Å². The van der Waals surface area contributed by atoms with Crippen LogP contribution in [0.3, 0.4) is 0 Å². The molecule has 8 nitrogen and oxygen atoms in total. The van der Waals surface area contributed by atoms with Gasteiger partial charge in [-0.15, -0.1) is 0 Å². The van der Waals surface area contributed by atoms with Gasteiger partial charge >= 0.3 is 0 Å². The lowest BCUT2D eigenvalue weighted by atomic mass is 10.1. The van der Waals surface area contributed by atoms with Crippen LogP contribution in [-0.4, -0.2) is 57.4 Å². The Morgan fingerprint density at radius 2 is 1.91 bits per heavy atom. The Labute approximate surface area is 192 Å². The van der Waals surface area contributed by atoms with Crippen molar-refractivity contribution in [1.82, 2.24) is 4.31 Å². The first kappa shape index (κ1) is 22.7. The SMILES string of the molecule is Cc1ccc(NC(=O)C2CC(=O)N(c3cccc(Cl)c3)C2)cc1S(=O)(=O)N1CCOCC1. The molecular weight excluding hydrogens is 454 g/mol. The highest BCUT2D eigenvalue weighted by Crippen LogP contribution is 2.29. The van der Waals surface area contributed by atoms with Crippen LogP contribution in [0, 0.1) is 12.8 Å². The molecule has 10 heteroatoms. The Hall–Kier alpha value is -2.46. The summed E-state index contributed by atoms with van der Waals surface area (Å²) in [6.07, 6.45) is 0.0726. The largest absolute Gasteiger partial charge is 0.379 e. The number of rotatable bonds is 5. The van der Waals surface area contributed by atoms with Gasteiger partial charge in [0.05, 0.1) is 24.0 Å². The first-order valence-corrected chi connectivity index (χ1v) is 12.1. The van der Waals surface area contributed by atoms with Gasteiger partial charge in [0, 0.05) is 42.5 Å². The number of carbonyl (C=O) groups is 2. The van der Waals surface area contributed by atoms with Gasteiger partial charge in [-0.05, 0) is 42.8 Å². The summed E-state index contributed by atoms with van der Waals surface area (Å²) >= 11 is 6.02. The van der Waals surface area contributed by atoms with Gasteiger partial charge in [0.25, 0.3) is 0 Å². The molecule has 0 radical (unpaired) electrons. The van der Waals surface area contributed by atoms with Gasteiger partial charge in [-0.3, -0.25) is 9.59 Å². The summed E-state index contributed by atoms with van der Waals surface area (Å²) in [6, 6.07) is 11.7. The van der Waals surface area contributed by atoms with Crippen LogP contribution in [0.15, 0.2) is 47.4 Å². The molecule has 0 aliphatic carbocycles. The average molecular weight is 478 g/mol. The second-order valence-corrected chi connectivity index (χ2v) is 10.2. The summed E-state index contributed by atoms with van der Waals surface area (Å²) in [5.41, 5.74) is 1.62. The van der Waals surface area contributed by atoms with Gasteiger partial charge in [-0.25, -0.2) is 8.42 Å². The van der Waals surface area contributed by atoms with E-state index in [1.54, 1.807) is 48.2 Å². The number of sulfonamides is 1. The molecule has 2 aliphatic heterocycles. The summed E-state index contributed by atoms with van der Waals surface area (Å²) < 4.78 is 32.8. The van der Waals surface area contributed by atoms with E-state index in [1.807, 2.05) is 0 Å². The van der Waals surface area contributed by atoms with E-state index < -0.39 is 15.9 Å². The number of morpholine rings is 1. The van der Waals surface area contributed by atoms with Crippen molar-refractivity contribution < 1.29 is 22.7 Å². The molecule has 0 saturated carbocycles. The number of ether oxygens (including phenoxy) is 1. The third-order valence-electron chi connectivity index (χ3n) is 5.66. The summed E-state index contributed by atoms with van der Waals surface area (Å²) in [4.78, 5) is 27.0. The van der Waals surface area contributed by atoms with Gasteiger partial charge in [-0.2, -0.15) is 4.31 Å². The van der Waals surface area contributed by atoms with Crippen LogP contribution in [0.1, 0.15) is 12.0 Å². The number of aryl methyl sites for hydroxylation is 1. The number of carbonyl (C=O) groups excluding carboxylic acids is 2. The standard InChI is InChI=1S/C22H24ClN3O5S/c1-15-5-6-18(13-20(15)32(29,30)25-7-9-31-10-8-25)24-22(28)16-11-21(27)26(14-16)19-4-2-3-17(23)12-19/h2-6,12-13,16H,7-11,14H2,1H3,(H,24,28). The van der Waals surface area contributed by atoms with Gasteiger partial charge in [-0.1, -0.05) is 23.7 Å². The smallest absolute Gasteiger partial charge is 0.243 e. The molecule has 2 amide bonds. The number of hydrogen-bond donors (Lipinski definition) is 1. The van der Waals surface area contributed by atoms with Gasteiger partial charge < -0.3 is 15.0 Å². The van der Waals surface area contributed by atoms with Crippen molar-refractivity contribution in [3.63, 3.8) is 0 Å². The number of benzene rings is 2. The van der Waals surface area contributed by atoms with E-state index in [0.717, 1.165) is 0 Å². The van der Waals surface area contributed by atoms with Gasteiger partial charge in [0.15, 0.2) is 0 Å². The fourth-order valence-corrected chi connectivity index (χ4v) is 5.75. The third kappa shape index (κ3) is 4.66. The van der Waals surface area contributed by atoms with Crippen molar-refractivity contribution in [1.29, 1.82) is 0 Å². The first-order valence-electron chi connectivity index (χ1n) is 10.3. The van der Waals surface area contributed by atoms with Crippen LogP contribution in [0.4, 0.5) is 11.4 Å². The van der Waals surface area contributed by atoms with E-state index in [9.17, 15) is 18.0 Å². The van der Waals surface area contributed by atoms with E-state index in [2.05, 4.69) is 5.32 Å². The van der Waals surface area contributed by atoms with Crippen LogP contribution < -0.4 is 10.2 Å². The minimum atomic E-state index is -3.70. The Balaban J connectivity index is 1.49. The van der Waals surface area contributed by atoms with Gasteiger partial charge in [0.1, 0.15) is 0 Å². The number of amides is 2. The Morgan fingerprint density at radius 3 is 2.62 bits per heavy atom. The normalized spacial score (nSPS) is 19.9. The Morgan fingerprint density at radius 1 is 1.16 bits per heavy atom. The van der Waals surface area contributed by atoms with E-state index in [4.69, 9.17) is 16.3 Å². The first-order chi connectivity index (χ1) is 15.3. The lowest BCUT2D eigenvalue weighted by Gasteiger charge is -2.27. The maximum atomic E-state index is 13.1. The minimum absolute atomic E-state index is 0.0726. The zero-order chi connectivity index (χ0) is 22.9. The molecule has 1 unspecified atom stereocenters. The van der Waals surface area contributed by atoms with Crippen molar-refractivity contribution in [2.75, 3.05) is 43.1 Å². The lowest BCUT2D eigenvalue weighted by molar-refractivity contribution is -0.122. The number of anilines is 2. The molecule has 1 atom stereocenters. The van der Waals surface area contributed by atoms with E-state index in [0.29, 0.717) is 48.3 Å². The minimum Gasteiger partial charge on any atom is -0.379 e. The Kier molecular flexibility index (Phi) is 6.52. The second-order valence-electron chi connectivity index (χ2n) is 7.87. The predicted octanol–water partition coefficient (Wildman–Crippen LogP) is 2.66. The molecule has 2 saturated heterocycles. The molecule has 0 spiro atoms. The quantitative estimate of drug-likeness (QED) is 0.714. The second kappa shape index (κ2) is 9.19. The molecular formula is C22H24ClN3O5S. The molecule has 32 heavy (non-hydrogen) atoms. The van der Waals surface area contributed by atoms with Crippen LogP contribution >= 0.6 is 11.6 Å². The Bertz CT molecular complexity index is 1150. The highest BCUT2D eigenvalue weighted by Gasteiger charge is 2.35. The summed E-state index contributed by atoms with van der Waals surface area (Å²) in [5.74, 6) is -1.05. The number of hydrogen-bond acceptors (Lipinski definition) is 5. The topological polar surface area (TPSA) is 96.0 Å². The van der Waals surface area contributed by atoms with Crippen molar-refractivity contribution in [2.24, 2.45) is 5.92 Å². The van der Waals surface area contributed by atoms with Crippen LogP contribution in [-0.2, 0) is 24.3 Å². The maximum Gasteiger partial charge on any atom is 0.243 e. The van der Waals surface area contributed by atoms with Crippen molar-refractivity contribution >= 4 is 44.8 Å². The van der Waals surface area contributed by atoms with Crippen LogP contribution in [0.25, 0.3) is 0 Å². The number of nitrogens with zero attached hydrogens (tertiary/aromatic N) is 2. The fraction of sp³-hybridized carbons (Fsp3) is 0.364. The molecule has 2 aromatic carbocycles. The fourth-order valence-electron chi connectivity index (χ4n) is 3.90. The lowest BCUT2D eigenvalue weighted by Crippen LogP contribution is -2.40. The van der Waals surface area contributed by atoms with E-state index >= 15 is 0 Å². The molecule has 2 fully saturated rings. The van der Waals surface area contributed by atoms with E-state index in [1.165, 1.54) is 10.4 Å². The third-order valence-corrected chi connectivity index (χ3v) is 7.93. The highest BCUT2D eigenvalue weighted by molar-refractivity contribution is 7.89. The maximum absolute atomic E-state index is 13.1. The van der Waals surface area contributed by atoms with Crippen LogP contribution in [0.5, 0.6) is 0 Å². The van der Waals surface area contributed by atoms with Crippen molar-refractivity contribution in [3.8, 4) is 0 Å². The van der Waals surface area contributed by atoms with Gasteiger partial charge in [0.2, 0.25) is 21.8 Å². The number of halogens is 1. The molecule has 2 aliphatic rings. The molecule has 2 aromatic rings. The average Bonchev–Trinajstić information content (AvgIpc) is 3.17. The van der Waals surface area contributed by atoms with Crippen molar-refractivity contribution in [2.45, 2.75) is 18.2 Å². The molecule has 0 aromatic heterocycles. The van der Waals surface area contributed by atoms with Crippen LogP contribution in [0.2, 0.25) is 5.02 Å². The zero-order valence-electron chi connectivity index (χ0n) is 17.6. The molecule has 0 bridgehead atoms. The molecule has 1 N–H and O–H groups in total. The molecule has 4 rings (SSSR count). The predicted molar refractivity (Wildman–Crippen MR) is 121 cm³/mol.